The lowest BCUT2D eigenvalue weighted by Crippen LogP contribution is -2.34. The molecule has 0 unspecified atom stereocenters. The number of guanidine groups is 1. The lowest BCUT2D eigenvalue weighted by molar-refractivity contribution is 0.344. The molecule has 0 atom stereocenters. The van der Waals surface area contributed by atoms with Crippen LogP contribution in [0.5, 0.6) is 0 Å². The van der Waals surface area contributed by atoms with Gasteiger partial charge < -0.3 is 9.80 Å². The molecule has 0 saturated carbocycles. The van der Waals surface area contributed by atoms with Gasteiger partial charge in [-0.15, -0.1) is 3.63 Å². The third-order valence-corrected chi connectivity index (χ3v) is 2.39. The van der Waals surface area contributed by atoms with E-state index in [1.807, 2.05) is 28.2 Å². The molecule has 0 aliphatic carbocycles. The average molecular weight is 293 g/mol. The van der Waals surface area contributed by atoms with Crippen molar-refractivity contribution in [3.8, 4) is 0 Å². The first-order chi connectivity index (χ1) is 7.26. The van der Waals surface area contributed by atoms with Crippen molar-refractivity contribution in [1.82, 2.24) is 9.80 Å². The van der Waals surface area contributed by atoms with Crippen LogP contribution in [-0.4, -0.2) is 69.9 Å². The molecule has 12 heteroatoms. The van der Waals surface area contributed by atoms with Crippen molar-refractivity contribution in [2.45, 2.75) is 0 Å². The molecule has 0 aliphatic heterocycles. The predicted molar refractivity (Wildman–Crippen MR) is 59.3 cm³/mol. The summed E-state index contributed by atoms with van der Waals surface area (Å²) in [5.41, 5.74) is 0. The Bertz CT molecular complexity index is 398. The molecule has 0 radical (unpaired) electrons. The molecule has 0 amide bonds. The first-order valence-electron chi connectivity index (χ1n) is 3.85. The number of rotatable bonds is 2. The van der Waals surface area contributed by atoms with Gasteiger partial charge in [0.05, 0.1) is 0 Å². The molecular weight excluding hydrogens is 278 g/mol. The maximum absolute atomic E-state index is 9.44. The summed E-state index contributed by atoms with van der Waals surface area (Å²) in [7, 11) is -2.84. The lowest BCUT2D eigenvalue weighted by Gasteiger charge is -2.19. The van der Waals surface area contributed by atoms with Gasteiger partial charge in [-0.05, 0) is 0 Å². The molecule has 0 fully saturated rings. The summed E-state index contributed by atoms with van der Waals surface area (Å²) in [5.74, 6) is 0.519. The number of nitrogens with one attached hydrogen (secondary N) is 1. The molecule has 3 N–H and O–H groups in total. The molecular formula is C5H15N3O7S2. The van der Waals surface area contributed by atoms with Gasteiger partial charge in [-0.25, -0.2) is 0 Å². The number of hydrogen-bond acceptors (Lipinski definition) is 6. The zero-order valence-electron chi connectivity index (χ0n) is 9.65. The van der Waals surface area contributed by atoms with Crippen LogP contribution in [0.15, 0.2) is 0 Å². The Hall–Kier alpha value is -0.950. The van der Waals surface area contributed by atoms with Crippen LogP contribution in [0.4, 0.5) is 0 Å². The van der Waals surface area contributed by atoms with Crippen LogP contribution in [-0.2, 0) is 24.4 Å². The fourth-order valence-electron chi connectivity index (χ4n) is 0.509. The van der Waals surface area contributed by atoms with Crippen LogP contribution in [0.25, 0.3) is 0 Å². The Kier molecular flexibility index (Phi) is 7.26. The van der Waals surface area contributed by atoms with Gasteiger partial charge >= 0.3 is 20.8 Å². The van der Waals surface area contributed by atoms with Gasteiger partial charge in [0.1, 0.15) is 0 Å². The summed E-state index contributed by atoms with van der Waals surface area (Å²) in [5, 5.41) is 7.25. The Morgan fingerprint density at radius 1 is 0.941 bits per heavy atom. The molecule has 0 spiro atoms. The monoisotopic (exact) mass is 293 g/mol. The minimum absolute atomic E-state index is 0.519. The minimum Gasteiger partial charge on any atom is -0.349 e. The van der Waals surface area contributed by atoms with E-state index in [4.69, 9.17) is 14.5 Å². The Labute approximate surface area is 100 Å². The second-order valence-corrected chi connectivity index (χ2v) is 5.29. The molecule has 0 aromatic carbocycles. The van der Waals surface area contributed by atoms with Crippen molar-refractivity contribution in [2.24, 2.45) is 0 Å². The largest absolute Gasteiger partial charge is 0.413 e. The highest BCUT2D eigenvalue weighted by Crippen LogP contribution is 1.91. The topological polar surface area (TPSA) is 148 Å². The molecule has 0 aromatic heterocycles. The van der Waals surface area contributed by atoms with E-state index in [0.717, 1.165) is 0 Å². The van der Waals surface area contributed by atoms with E-state index in [9.17, 15) is 16.8 Å². The van der Waals surface area contributed by atoms with E-state index < -0.39 is 20.8 Å². The molecule has 0 bridgehead atoms. The van der Waals surface area contributed by atoms with Crippen LogP contribution in [0, 0.1) is 5.41 Å². The molecule has 0 heterocycles. The van der Waals surface area contributed by atoms with Crippen LogP contribution < -0.4 is 0 Å². The van der Waals surface area contributed by atoms with Crippen LogP contribution >= 0.6 is 0 Å². The van der Waals surface area contributed by atoms with Crippen molar-refractivity contribution in [1.29, 1.82) is 5.41 Å². The van der Waals surface area contributed by atoms with E-state index >= 15 is 0 Å². The highest BCUT2D eigenvalue weighted by molar-refractivity contribution is 7.94. The summed E-state index contributed by atoms with van der Waals surface area (Å²) in [6.45, 7) is 0. The SMILES string of the molecule is CN(C)C(=N)N(C)C.O=S(=O)(O)OS(=O)(=O)O. The first-order valence-corrected chi connectivity index (χ1v) is 6.58. The lowest BCUT2D eigenvalue weighted by atomic mass is 10.7. The molecule has 0 rings (SSSR count). The van der Waals surface area contributed by atoms with Crippen molar-refractivity contribution in [3.05, 3.63) is 0 Å². The zero-order chi connectivity index (χ0) is 14.4. The highest BCUT2D eigenvalue weighted by Gasteiger charge is 2.15. The Balaban J connectivity index is 0. The van der Waals surface area contributed by atoms with Gasteiger partial charge in [-0.1, -0.05) is 0 Å². The van der Waals surface area contributed by atoms with E-state index in [1.165, 1.54) is 0 Å². The summed E-state index contributed by atoms with van der Waals surface area (Å²) in [6, 6.07) is 0. The van der Waals surface area contributed by atoms with Gasteiger partial charge in [0, 0.05) is 28.2 Å². The second-order valence-electron chi connectivity index (χ2n) is 3.04. The predicted octanol–water partition coefficient (Wildman–Crippen LogP) is -1.35. The number of hydrogen-bond donors (Lipinski definition) is 3. The normalized spacial score (nSPS) is 11.2. The van der Waals surface area contributed by atoms with Gasteiger partial charge in [-0.2, -0.15) is 16.8 Å². The molecule has 0 aromatic rings. The first kappa shape index (κ1) is 18.4. The van der Waals surface area contributed by atoms with Crippen LogP contribution in [0.3, 0.4) is 0 Å². The minimum atomic E-state index is -5.12. The quantitative estimate of drug-likeness (QED) is 0.319. The maximum Gasteiger partial charge on any atom is 0.413 e. The second kappa shape index (κ2) is 6.70. The van der Waals surface area contributed by atoms with Gasteiger partial charge in [-0.3, -0.25) is 14.5 Å². The Morgan fingerprint density at radius 3 is 1.18 bits per heavy atom. The molecule has 0 aliphatic rings. The maximum atomic E-state index is 9.44. The zero-order valence-corrected chi connectivity index (χ0v) is 11.3. The van der Waals surface area contributed by atoms with E-state index in [2.05, 4.69) is 3.63 Å². The molecule has 17 heavy (non-hydrogen) atoms. The fraction of sp³-hybridized carbons (Fsp3) is 0.800. The fourth-order valence-corrected chi connectivity index (χ4v) is 1.38. The van der Waals surface area contributed by atoms with Crippen LogP contribution in [0.2, 0.25) is 0 Å². The summed E-state index contributed by atoms with van der Waals surface area (Å²) < 4.78 is 55.6. The van der Waals surface area contributed by atoms with Gasteiger partial charge in [0.15, 0.2) is 5.96 Å². The third-order valence-electron chi connectivity index (χ3n) is 1.02. The van der Waals surface area contributed by atoms with Gasteiger partial charge in [0.2, 0.25) is 0 Å². The van der Waals surface area contributed by atoms with Crippen molar-refractivity contribution in [2.75, 3.05) is 28.2 Å². The highest BCUT2D eigenvalue weighted by atomic mass is 32.3. The number of nitrogens with zero attached hydrogens (tertiary/aromatic N) is 2. The smallest absolute Gasteiger partial charge is 0.349 e. The molecule has 104 valence electrons. The Morgan fingerprint density at radius 2 is 1.18 bits per heavy atom. The molecule has 10 nitrogen and oxygen atoms in total. The summed E-state index contributed by atoms with van der Waals surface area (Å²) in [4.78, 5) is 3.50. The van der Waals surface area contributed by atoms with Crippen molar-refractivity contribution in [3.63, 3.8) is 0 Å². The van der Waals surface area contributed by atoms with E-state index in [0.29, 0.717) is 5.96 Å². The summed E-state index contributed by atoms with van der Waals surface area (Å²) in [6.07, 6.45) is 0. The van der Waals surface area contributed by atoms with E-state index in [-0.39, 0.29) is 0 Å². The van der Waals surface area contributed by atoms with Crippen molar-refractivity contribution < 1.29 is 29.6 Å². The standard InChI is InChI=1S/C5H13N3.H2O7S2/c1-7(2)5(6)8(3)4;1-8(2,3)7-9(4,5)6/h6H,1-4H3;(H,1,2,3)(H,4,5,6). The third kappa shape index (κ3) is 15.1. The van der Waals surface area contributed by atoms with Crippen LogP contribution in [0.1, 0.15) is 0 Å². The van der Waals surface area contributed by atoms with E-state index in [1.54, 1.807) is 9.80 Å². The summed E-state index contributed by atoms with van der Waals surface area (Å²) >= 11 is 0. The molecule has 0 saturated heterocycles. The van der Waals surface area contributed by atoms with Crippen molar-refractivity contribution >= 4 is 26.8 Å². The van der Waals surface area contributed by atoms with Gasteiger partial charge in [0.25, 0.3) is 0 Å². The average Bonchev–Trinajstić information content (AvgIpc) is 1.96.